The molecule has 2 aromatic heterocycles. The molecular weight excluding hydrogens is 466 g/mol. The van der Waals surface area contributed by atoms with Crippen molar-refractivity contribution in [2.24, 2.45) is 0 Å². The number of benzene rings is 2. The SMILES string of the molecule is CC.c1cc(-c2ccc3c(c2)OCCO3)n2nc(Nc3ccc(OCCN4CCCCC4)cc3)nc2c1. The molecule has 0 saturated carbocycles. The minimum absolute atomic E-state index is 0.536. The number of fused-ring (bicyclic) bond motifs is 2. The first-order valence-electron chi connectivity index (χ1n) is 13.3. The molecule has 8 nitrogen and oxygen atoms in total. The van der Waals surface area contributed by atoms with Gasteiger partial charge in [0.1, 0.15) is 25.6 Å². The summed E-state index contributed by atoms with van der Waals surface area (Å²) in [5, 5.41) is 8.01. The van der Waals surface area contributed by atoms with Crippen molar-refractivity contribution in [3.05, 3.63) is 60.7 Å². The molecule has 6 rings (SSSR count). The highest BCUT2D eigenvalue weighted by atomic mass is 16.6. The van der Waals surface area contributed by atoms with Crippen LogP contribution in [0.2, 0.25) is 0 Å². The lowest BCUT2D eigenvalue weighted by Gasteiger charge is -2.26. The molecule has 0 unspecified atom stereocenters. The molecule has 37 heavy (non-hydrogen) atoms. The molecule has 2 aliphatic heterocycles. The van der Waals surface area contributed by atoms with Crippen LogP contribution < -0.4 is 19.5 Å². The largest absolute Gasteiger partial charge is 0.492 e. The molecule has 1 N–H and O–H groups in total. The fourth-order valence-corrected chi connectivity index (χ4v) is 4.62. The Morgan fingerprint density at radius 3 is 2.49 bits per heavy atom. The average molecular weight is 502 g/mol. The Morgan fingerprint density at radius 1 is 0.892 bits per heavy atom. The van der Waals surface area contributed by atoms with Crippen molar-refractivity contribution in [2.45, 2.75) is 33.1 Å². The summed E-state index contributed by atoms with van der Waals surface area (Å²) in [6.45, 7) is 9.20. The Kier molecular flexibility index (Phi) is 8.05. The van der Waals surface area contributed by atoms with Crippen molar-refractivity contribution in [2.75, 3.05) is 44.8 Å². The minimum atomic E-state index is 0.536. The molecule has 194 valence electrons. The van der Waals surface area contributed by atoms with Crippen molar-refractivity contribution in [3.63, 3.8) is 0 Å². The van der Waals surface area contributed by atoms with Gasteiger partial charge in [0.25, 0.3) is 0 Å². The quantitative estimate of drug-likeness (QED) is 0.343. The van der Waals surface area contributed by atoms with E-state index in [1.54, 1.807) is 0 Å². The third-order valence-electron chi connectivity index (χ3n) is 6.43. The van der Waals surface area contributed by atoms with Crippen molar-refractivity contribution in [1.29, 1.82) is 0 Å². The van der Waals surface area contributed by atoms with E-state index in [4.69, 9.17) is 19.3 Å². The van der Waals surface area contributed by atoms with E-state index in [1.165, 1.54) is 32.4 Å². The van der Waals surface area contributed by atoms with Crippen LogP contribution in [0.25, 0.3) is 16.9 Å². The fraction of sp³-hybridized carbons (Fsp3) is 0.379. The summed E-state index contributed by atoms with van der Waals surface area (Å²) in [6.07, 6.45) is 3.96. The Hall–Kier alpha value is -3.78. The number of aromatic nitrogens is 3. The van der Waals surface area contributed by atoms with E-state index in [0.29, 0.717) is 25.8 Å². The monoisotopic (exact) mass is 501 g/mol. The van der Waals surface area contributed by atoms with E-state index < -0.39 is 0 Å². The van der Waals surface area contributed by atoms with E-state index in [0.717, 1.165) is 46.4 Å². The molecule has 4 heterocycles. The molecule has 1 fully saturated rings. The molecule has 2 aliphatic rings. The molecule has 1 saturated heterocycles. The van der Waals surface area contributed by atoms with Gasteiger partial charge in [0.05, 0.1) is 5.69 Å². The number of nitrogens with zero attached hydrogens (tertiary/aromatic N) is 4. The van der Waals surface area contributed by atoms with E-state index in [-0.39, 0.29) is 0 Å². The zero-order valence-electron chi connectivity index (χ0n) is 21.7. The second-order valence-electron chi connectivity index (χ2n) is 8.88. The van der Waals surface area contributed by atoms with Gasteiger partial charge in [0.2, 0.25) is 5.95 Å². The van der Waals surface area contributed by atoms with Crippen LogP contribution in [0.4, 0.5) is 11.6 Å². The Balaban J connectivity index is 0.00000137. The van der Waals surface area contributed by atoms with Gasteiger partial charge in [0.15, 0.2) is 17.1 Å². The summed E-state index contributed by atoms with van der Waals surface area (Å²) >= 11 is 0. The third-order valence-corrected chi connectivity index (χ3v) is 6.43. The standard InChI is InChI=1S/C27H29N5O3.C2H6/c1-2-13-31(14-3-1)15-16-33-22-10-8-21(9-11-22)28-27-29-26-6-4-5-23(32(26)30-27)20-7-12-24-25(19-20)35-18-17-34-24;1-2/h4-12,19H,1-3,13-18H2,(H,28,30);1-2H3. The first-order chi connectivity index (χ1) is 18.3. The van der Waals surface area contributed by atoms with Crippen LogP contribution in [0.1, 0.15) is 33.1 Å². The first kappa shape index (κ1) is 24.9. The number of ether oxygens (including phenoxy) is 3. The molecule has 0 spiro atoms. The Labute approximate surface area is 218 Å². The van der Waals surface area contributed by atoms with Crippen LogP contribution in [0.5, 0.6) is 17.2 Å². The molecule has 2 aromatic carbocycles. The fourth-order valence-electron chi connectivity index (χ4n) is 4.62. The predicted octanol–water partition coefficient (Wildman–Crippen LogP) is 5.80. The maximum atomic E-state index is 5.94. The third kappa shape index (κ3) is 5.97. The lowest BCUT2D eigenvalue weighted by Crippen LogP contribution is -2.33. The van der Waals surface area contributed by atoms with Crippen molar-refractivity contribution in [3.8, 4) is 28.5 Å². The topological polar surface area (TPSA) is 73.2 Å². The molecule has 0 radical (unpaired) electrons. The second kappa shape index (κ2) is 12.0. The summed E-state index contributed by atoms with van der Waals surface area (Å²) in [5.41, 5.74) is 3.59. The van der Waals surface area contributed by atoms with E-state index in [9.17, 15) is 0 Å². The number of pyridine rings is 1. The summed E-state index contributed by atoms with van der Waals surface area (Å²) in [4.78, 5) is 7.13. The number of hydrogen-bond acceptors (Lipinski definition) is 7. The second-order valence-corrected chi connectivity index (χ2v) is 8.88. The molecule has 0 amide bonds. The minimum Gasteiger partial charge on any atom is -0.492 e. The van der Waals surface area contributed by atoms with Crippen LogP contribution in [-0.2, 0) is 0 Å². The van der Waals surface area contributed by atoms with Gasteiger partial charge in [-0.2, -0.15) is 4.98 Å². The average Bonchev–Trinajstić information content (AvgIpc) is 3.38. The number of hydrogen-bond donors (Lipinski definition) is 1. The molecule has 8 heteroatoms. The van der Waals surface area contributed by atoms with Crippen molar-refractivity contribution < 1.29 is 14.2 Å². The number of anilines is 2. The summed E-state index contributed by atoms with van der Waals surface area (Å²) in [5.74, 6) is 2.93. The summed E-state index contributed by atoms with van der Waals surface area (Å²) in [7, 11) is 0. The number of rotatable bonds is 7. The van der Waals surface area contributed by atoms with Gasteiger partial charge >= 0.3 is 0 Å². The molecular formula is C29H35N5O3. The smallest absolute Gasteiger partial charge is 0.247 e. The van der Waals surface area contributed by atoms with Crippen LogP contribution >= 0.6 is 0 Å². The van der Waals surface area contributed by atoms with E-state index >= 15 is 0 Å². The van der Waals surface area contributed by atoms with Gasteiger partial charge in [-0.05, 0) is 80.5 Å². The normalized spacial score (nSPS) is 15.1. The highest BCUT2D eigenvalue weighted by Crippen LogP contribution is 2.34. The van der Waals surface area contributed by atoms with Crippen LogP contribution in [0, 0.1) is 0 Å². The van der Waals surface area contributed by atoms with Crippen LogP contribution in [0.15, 0.2) is 60.7 Å². The lowest BCUT2D eigenvalue weighted by molar-refractivity contribution is 0.171. The van der Waals surface area contributed by atoms with Gasteiger partial charge in [-0.25, -0.2) is 4.52 Å². The highest BCUT2D eigenvalue weighted by molar-refractivity contribution is 5.68. The molecule has 0 atom stereocenters. The number of likely N-dealkylation sites (tertiary alicyclic amines) is 1. The number of nitrogens with one attached hydrogen (secondary N) is 1. The van der Waals surface area contributed by atoms with Crippen molar-refractivity contribution >= 4 is 17.3 Å². The molecule has 0 bridgehead atoms. The maximum absolute atomic E-state index is 5.94. The van der Waals surface area contributed by atoms with Crippen molar-refractivity contribution in [1.82, 2.24) is 19.5 Å². The Morgan fingerprint density at radius 2 is 1.68 bits per heavy atom. The van der Waals surface area contributed by atoms with Gasteiger partial charge in [-0.1, -0.05) is 26.3 Å². The Bertz CT molecular complexity index is 1300. The van der Waals surface area contributed by atoms with E-state index in [2.05, 4.69) is 15.2 Å². The van der Waals surface area contributed by atoms with Gasteiger partial charge in [0, 0.05) is 17.8 Å². The zero-order chi connectivity index (χ0) is 25.5. The van der Waals surface area contributed by atoms with Gasteiger partial charge in [-0.3, -0.25) is 4.90 Å². The highest BCUT2D eigenvalue weighted by Gasteiger charge is 2.15. The maximum Gasteiger partial charge on any atom is 0.247 e. The summed E-state index contributed by atoms with van der Waals surface area (Å²) < 4.78 is 19.2. The van der Waals surface area contributed by atoms with E-state index in [1.807, 2.05) is 79.0 Å². The predicted molar refractivity (Wildman–Crippen MR) is 146 cm³/mol. The van der Waals surface area contributed by atoms with Gasteiger partial charge in [-0.15, -0.1) is 5.10 Å². The summed E-state index contributed by atoms with van der Waals surface area (Å²) in [6, 6.07) is 19.8. The van der Waals surface area contributed by atoms with Crippen LogP contribution in [-0.4, -0.2) is 59.0 Å². The van der Waals surface area contributed by atoms with Gasteiger partial charge < -0.3 is 19.5 Å². The first-order valence-corrected chi connectivity index (χ1v) is 13.3. The lowest BCUT2D eigenvalue weighted by atomic mass is 10.1. The zero-order valence-corrected chi connectivity index (χ0v) is 21.7. The number of piperidine rings is 1. The molecule has 0 aliphatic carbocycles. The van der Waals surface area contributed by atoms with Crippen LogP contribution in [0.3, 0.4) is 0 Å². The molecule has 4 aromatic rings.